The highest BCUT2D eigenvalue weighted by atomic mass is 32.2. The first kappa shape index (κ1) is 19.0. The van der Waals surface area contributed by atoms with Crippen molar-refractivity contribution in [2.24, 2.45) is 5.73 Å². The second kappa shape index (κ2) is 7.27. The van der Waals surface area contributed by atoms with Gasteiger partial charge in [0.2, 0.25) is 5.88 Å². The number of carbonyl (C=O) groups excluding carboxylic acids is 1. The number of carbonyl (C=O) groups is 1. The van der Waals surface area contributed by atoms with E-state index in [0.29, 0.717) is 27.2 Å². The standard InChI is InChI=1S/C19H14N4O4S2/c1-26-18(25)9-5-3-8(4-6-9)11-10(7-20)15(21)27-13-12(11)17(24)22-16-14(13)29-19(23-16)28-2/h3-6,11H,21H2,1-2H3,(H,22,24). The zero-order valence-corrected chi connectivity index (χ0v) is 16.9. The van der Waals surface area contributed by atoms with Crippen LogP contribution < -0.4 is 16.0 Å². The van der Waals surface area contributed by atoms with Gasteiger partial charge in [-0.2, -0.15) is 5.26 Å². The van der Waals surface area contributed by atoms with E-state index in [1.807, 2.05) is 6.26 Å². The van der Waals surface area contributed by atoms with Gasteiger partial charge in [-0.25, -0.2) is 9.78 Å². The predicted octanol–water partition coefficient (Wildman–Crippen LogP) is 2.71. The first-order valence-corrected chi connectivity index (χ1v) is 10.4. The summed E-state index contributed by atoms with van der Waals surface area (Å²) < 4.78 is 11.9. The van der Waals surface area contributed by atoms with Crippen LogP contribution in [0.25, 0.3) is 10.3 Å². The lowest BCUT2D eigenvalue weighted by Gasteiger charge is -2.25. The third-order valence-corrected chi connectivity index (χ3v) is 6.59. The molecule has 4 rings (SSSR count). The monoisotopic (exact) mass is 426 g/mol. The molecule has 1 aliphatic rings. The van der Waals surface area contributed by atoms with Crippen LogP contribution in [0.1, 0.15) is 27.4 Å². The summed E-state index contributed by atoms with van der Waals surface area (Å²) in [5, 5.41) is 9.68. The quantitative estimate of drug-likeness (QED) is 0.483. The summed E-state index contributed by atoms with van der Waals surface area (Å²) >= 11 is 2.82. The number of nitrogens with one attached hydrogen (secondary N) is 1. The van der Waals surface area contributed by atoms with Crippen molar-refractivity contribution in [2.45, 2.75) is 10.3 Å². The van der Waals surface area contributed by atoms with Gasteiger partial charge in [-0.15, -0.1) is 11.3 Å². The van der Waals surface area contributed by atoms with E-state index in [-0.39, 0.29) is 17.0 Å². The summed E-state index contributed by atoms with van der Waals surface area (Å²) in [4.78, 5) is 31.8. The Morgan fingerprint density at radius 2 is 2.14 bits per heavy atom. The lowest BCUT2D eigenvalue weighted by atomic mass is 9.84. The minimum atomic E-state index is -0.733. The zero-order chi connectivity index (χ0) is 20.7. The maximum atomic E-state index is 12.9. The summed E-state index contributed by atoms with van der Waals surface area (Å²) in [6.07, 6.45) is 1.89. The van der Waals surface area contributed by atoms with Crippen LogP contribution in [-0.4, -0.2) is 29.3 Å². The molecule has 0 fully saturated rings. The third-order valence-electron chi connectivity index (χ3n) is 4.55. The van der Waals surface area contributed by atoms with Crippen molar-refractivity contribution >= 4 is 39.4 Å². The normalized spacial score (nSPS) is 15.6. The van der Waals surface area contributed by atoms with Gasteiger partial charge in [-0.05, 0) is 24.0 Å². The molecule has 1 aliphatic heterocycles. The molecular weight excluding hydrogens is 412 g/mol. The van der Waals surface area contributed by atoms with Crippen LogP contribution >= 0.6 is 23.1 Å². The molecule has 0 bridgehead atoms. The molecule has 0 saturated carbocycles. The maximum Gasteiger partial charge on any atom is 0.337 e. The number of ether oxygens (including phenoxy) is 2. The molecule has 0 saturated heterocycles. The number of hydrogen-bond donors (Lipinski definition) is 2. The molecular formula is C19H14N4O4S2. The number of methoxy groups -OCH3 is 1. The number of nitrogens with zero attached hydrogens (tertiary/aromatic N) is 2. The van der Waals surface area contributed by atoms with Crippen LogP contribution in [0.15, 0.2) is 44.9 Å². The minimum Gasteiger partial charge on any atom is -0.465 e. The highest BCUT2D eigenvalue weighted by Crippen LogP contribution is 2.45. The molecule has 1 unspecified atom stereocenters. The summed E-state index contributed by atoms with van der Waals surface area (Å²) in [5.74, 6) is -0.968. The molecule has 3 N–H and O–H groups in total. The molecule has 146 valence electrons. The molecule has 29 heavy (non-hydrogen) atoms. The van der Waals surface area contributed by atoms with E-state index in [0.717, 1.165) is 4.34 Å². The number of pyridine rings is 1. The van der Waals surface area contributed by atoms with Crippen LogP contribution in [0.2, 0.25) is 0 Å². The highest BCUT2D eigenvalue weighted by Gasteiger charge is 2.35. The second-order valence-corrected chi connectivity index (χ2v) is 8.15. The van der Waals surface area contributed by atoms with Crippen molar-refractivity contribution < 1.29 is 14.3 Å². The minimum absolute atomic E-state index is 0.0620. The number of H-pyrrole nitrogens is 1. The number of fused-ring (bicyclic) bond motifs is 3. The van der Waals surface area contributed by atoms with Crippen molar-refractivity contribution in [3.05, 3.63) is 62.8 Å². The van der Waals surface area contributed by atoms with Gasteiger partial charge in [-0.3, -0.25) is 4.79 Å². The fourth-order valence-electron chi connectivity index (χ4n) is 3.22. The fraction of sp³-hybridized carbons (Fsp3) is 0.158. The van der Waals surface area contributed by atoms with Gasteiger partial charge in [0.15, 0.2) is 15.7 Å². The molecule has 0 radical (unpaired) electrons. The average molecular weight is 426 g/mol. The summed E-state index contributed by atoms with van der Waals surface area (Å²) in [5.41, 5.74) is 7.44. The number of aromatic nitrogens is 2. The number of nitriles is 1. The Hall–Kier alpha value is -3.29. The summed E-state index contributed by atoms with van der Waals surface area (Å²) in [6.45, 7) is 0. The van der Waals surface area contributed by atoms with Crippen LogP contribution in [0, 0.1) is 11.3 Å². The van der Waals surface area contributed by atoms with Gasteiger partial charge >= 0.3 is 5.97 Å². The average Bonchev–Trinajstić information content (AvgIpc) is 3.15. The van der Waals surface area contributed by atoms with Crippen molar-refractivity contribution in [3.8, 4) is 11.8 Å². The molecule has 3 heterocycles. The number of thioether (sulfide) groups is 1. The van der Waals surface area contributed by atoms with Crippen LogP contribution in [0.4, 0.5) is 0 Å². The van der Waals surface area contributed by atoms with Gasteiger partial charge in [0.25, 0.3) is 5.56 Å². The zero-order valence-electron chi connectivity index (χ0n) is 15.3. The Bertz CT molecular complexity index is 1270. The highest BCUT2D eigenvalue weighted by molar-refractivity contribution is 8.00. The van der Waals surface area contributed by atoms with Gasteiger partial charge in [-0.1, -0.05) is 23.9 Å². The van der Waals surface area contributed by atoms with E-state index in [4.69, 9.17) is 15.2 Å². The van der Waals surface area contributed by atoms with Gasteiger partial charge in [0.1, 0.15) is 16.3 Å². The molecule has 10 heteroatoms. The Morgan fingerprint density at radius 3 is 2.76 bits per heavy atom. The first-order chi connectivity index (χ1) is 14.0. The third kappa shape index (κ3) is 3.04. The number of thiazole rings is 1. The van der Waals surface area contributed by atoms with E-state index >= 15 is 0 Å². The maximum absolute atomic E-state index is 12.9. The number of esters is 1. The topological polar surface area (TPSA) is 131 Å². The molecule has 1 aromatic carbocycles. The van der Waals surface area contributed by atoms with E-state index in [9.17, 15) is 14.9 Å². The lowest BCUT2D eigenvalue weighted by Crippen LogP contribution is -2.27. The number of aromatic amines is 1. The van der Waals surface area contributed by atoms with Crippen molar-refractivity contribution in [1.82, 2.24) is 9.97 Å². The predicted molar refractivity (Wildman–Crippen MR) is 109 cm³/mol. The Morgan fingerprint density at radius 1 is 1.41 bits per heavy atom. The first-order valence-electron chi connectivity index (χ1n) is 8.35. The van der Waals surface area contributed by atoms with Crippen LogP contribution in [0.3, 0.4) is 0 Å². The van der Waals surface area contributed by atoms with E-state index in [1.165, 1.54) is 30.2 Å². The smallest absolute Gasteiger partial charge is 0.337 e. The fourth-order valence-corrected chi connectivity index (χ4v) is 4.74. The number of nitrogens with two attached hydrogens (primary N) is 1. The Labute approximate surface area is 173 Å². The van der Waals surface area contributed by atoms with Crippen LogP contribution in [0.5, 0.6) is 5.75 Å². The van der Waals surface area contributed by atoms with E-state index in [2.05, 4.69) is 16.0 Å². The Balaban J connectivity index is 1.96. The molecule has 2 aromatic heterocycles. The van der Waals surface area contributed by atoms with Gasteiger partial charge < -0.3 is 20.2 Å². The summed E-state index contributed by atoms with van der Waals surface area (Å²) in [7, 11) is 1.30. The van der Waals surface area contributed by atoms with E-state index in [1.54, 1.807) is 24.3 Å². The van der Waals surface area contributed by atoms with Gasteiger partial charge in [0, 0.05) is 0 Å². The number of rotatable bonds is 3. The largest absolute Gasteiger partial charge is 0.465 e. The molecule has 8 nitrogen and oxygen atoms in total. The second-order valence-electron chi connectivity index (χ2n) is 6.10. The Kier molecular flexibility index (Phi) is 4.77. The molecule has 0 amide bonds. The van der Waals surface area contributed by atoms with Crippen LogP contribution in [-0.2, 0) is 4.74 Å². The molecule has 3 aromatic rings. The van der Waals surface area contributed by atoms with Crippen molar-refractivity contribution in [3.63, 3.8) is 0 Å². The van der Waals surface area contributed by atoms with E-state index < -0.39 is 17.4 Å². The molecule has 0 aliphatic carbocycles. The molecule has 1 atom stereocenters. The SMILES string of the molecule is COC(=O)c1ccc(C2C(C#N)=C(N)Oc3c2c(=O)[nH]c2nc(SC)sc32)cc1. The summed E-state index contributed by atoms with van der Waals surface area (Å²) in [6, 6.07) is 8.54. The lowest BCUT2D eigenvalue weighted by molar-refractivity contribution is 0.0600. The number of allylic oxidation sites excluding steroid dienone is 1. The molecule has 0 spiro atoms. The van der Waals surface area contributed by atoms with Crippen molar-refractivity contribution in [2.75, 3.05) is 13.4 Å². The van der Waals surface area contributed by atoms with Crippen molar-refractivity contribution in [1.29, 1.82) is 5.26 Å². The number of hydrogen-bond acceptors (Lipinski definition) is 9. The van der Waals surface area contributed by atoms with Gasteiger partial charge in [0.05, 0.1) is 24.2 Å². The number of benzene rings is 1.